The smallest absolute Gasteiger partial charge is 0.330 e. The van der Waals surface area contributed by atoms with Crippen LogP contribution in [0.25, 0.3) is 0 Å². The minimum atomic E-state index is -0.513. The van der Waals surface area contributed by atoms with Crippen molar-refractivity contribution >= 4 is 43.1 Å². The molecule has 42 heavy (non-hydrogen) atoms. The number of rotatable bonds is 10. The van der Waals surface area contributed by atoms with Gasteiger partial charge in [0.05, 0.1) is 11.0 Å². The molecule has 1 saturated heterocycles. The van der Waals surface area contributed by atoms with Crippen LogP contribution < -0.4 is 10.4 Å². The molecule has 1 radical (unpaired) electrons. The summed E-state index contributed by atoms with van der Waals surface area (Å²) >= 11 is 4.71. The molecule has 233 valence electrons. The zero-order valence-corrected chi connectivity index (χ0v) is 28.6. The second-order valence-electron chi connectivity index (χ2n) is 15.0. The number of likely N-dealkylation sites (tertiary alicyclic amines) is 1. The minimum Gasteiger partial charge on any atom is -0.428 e. The molecule has 1 aromatic carbocycles. The first-order valence-electron chi connectivity index (χ1n) is 16.7. The predicted octanol–water partition coefficient (Wildman–Crippen LogP) is 7.22. The molecule has 2 amide bonds. The molecule has 2 saturated carbocycles. The summed E-state index contributed by atoms with van der Waals surface area (Å²) in [6.07, 6.45) is 12.5. The van der Waals surface area contributed by atoms with Crippen molar-refractivity contribution in [1.29, 1.82) is 0 Å². The van der Waals surface area contributed by atoms with Crippen molar-refractivity contribution in [3.8, 4) is 0 Å². The summed E-state index contributed by atoms with van der Waals surface area (Å²) in [4.78, 5) is 31.2. The van der Waals surface area contributed by atoms with E-state index in [1.165, 1.54) is 32.1 Å². The lowest BCUT2D eigenvalue weighted by Crippen LogP contribution is -2.54. The number of hydrogen-bond donors (Lipinski definition) is 1. The minimum absolute atomic E-state index is 0.156. The standard InChI is InChI=1S/C28H40BN2O3S.C7H16/c1-18-15-20(16-18)31-22-17-19(29-34-25(2,3)26(4,5)35)7-8-21(22)28(24(31)33)11-13-30(14-12-28)23(32)27(6)9-10-27;1-3-5-7-6-4-2/h7-8,17-18,20,35H,9-16H2,1-6H3;3-7H2,1-2H3. The normalized spacial score (nSPS) is 24.1. The van der Waals surface area contributed by atoms with Crippen LogP contribution in [-0.2, 0) is 19.7 Å². The van der Waals surface area contributed by atoms with Gasteiger partial charge in [0, 0.05) is 35.0 Å². The Labute approximate surface area is 262 Å². The van der Waals surface area contributed by atoms with E-state index < -0.39 is 11.0 Å². The maximum atomic E-state index is 14.1. The first-order valence-corrected chi connectivity index (χ1v) is 17.1. The van der Waals surface area contributed by atoms with E-state index in [9.17, 15) is 9.59 Å². The largest absolute Gasteiger partial charge is 0.428 e. The van der Waals surface area contributed by atoms with Gasteiger partial charge in [0.25, 0.3) is 0 Å². The molecule has 0 unspecified atom stereocenters. The van der Waals surface area contributed by atoms with E-state index in [4.69, 9.17) is 17.3 Å². The first kappa shape index (κ1) is 33.4. The zero-order chi connectivity index (χ0) is 30.9. The lowest BCUT2D eigenvalue weighted by atomic mass is 9.72. The molecule has 5 rings (SSSR count). The molecular formula is C35H56BN2O3S. The van der Waals surface area contributed by atoms with Gasteiger partial charge in [0.1, 0.15) is 0 Å². The van der Waals surface area contributed by atoms with E-state index in [0.717, 1.165) is 42.4 Å². The molecule has 2 aliphatic heterocycles. The Morgan fingerprint density at radius 3 is 2.12 bits per heavy atom. The van der Waals surface area contributed by atoms with E-state index >= 15 is 0 Å². The fourth-order valence-corrected chi connectivity index (χ4v) is 6.56. The topological polar surface area (TPSA) is 49.9 Å². The second kappa shape index (κ2) is 12.9. The average Bonchev–Trinajstić information content (AvgIpc) is 3.64. The van der Waals surface area contributed by atoms with Gasteiger partial charge in [0.2, 0.25) is 11.8 Å². The lowest BCUT2D eigenvalue weighted by molar-refractivity contribution is -0.140. The van der Waals surface area contributed by atoms with E-state index in [2.05, 4.69) is 64.6 Å². The highest BCUT2D eigenvalue weighted by Crippen LogP contribution is 2.52. The molecule has 1 spiro atoms. The predicted molar refractivity (Wildman–Crippen MR) is 179 cm³/mol. The summed E-state index contributed by atoms with van der Waals surface area (Å²) in [5.74, 6) is 1.17. The highest BCUT2D eigenvalue weighted by molar-refractivity contribution is 7.81. The molecule has 1 aromatic rings. The van der Waals surface area contributed by atoms with Crippen LogP contribution in [0.5, 0.6) is 0 Å². The summed E-state index contributed by atoms with van der Waals surface area (Å²) in [5, 5.41) is 0. The number of thiol groups is 1. The SMILES string of the molecule is CC1CC(N2C(=O)C3(CCN(C(=O)C4(C)CC4)CC3)c3ccc([B]OC(C)(C)C(C)(C)S)cc32)C1.CCCCCCC. The highest BCUT2D eigenvalue weighted by atomic mass is 32.1. The number of carbonyl (C=O) groups is 2. The zero-order valence-electron chi connectivity index (χ0n) is 27.7. The number of carbonyl (C=O) groups excluding carboxylic acids is 2. The van der Waals surface area contributed by atoms with Gasteiger partial charge in [-0.05, 0) is 83.8 Å². The maximum Gasteiger partial charge on any atom is 0.330 e. The van der Waals surface area contributed by atoms with Crippen molar-refractivity contribution < 1.29 is 14.2 Å². The number of hydrogen-bond acceptors (Lipinski definition) is 4. The number of fused-ring (bicyclic) bond motifs is 2. The van der Waals surface area contributed by atoms with Gasteiger partial charge in [-0.25, -0.2) is 0 Å². The summed E-state index contributed by atoms with van der Waals surface area (Å²) in [6, 6.07) is 6.62. The van der Waals surface area contributed by atoms with E-state index in [1.807, 2.05) is 26.2 Å². The summed E-state index contributed by atoms with van der Waals surface area (Å²) in [6.45, 7) is 18.3. The Kier molecular flexibility index (Phi) is 10.2. The summed E-state index contributed by atoms with van der Waals surface area (Å²) in [7, 11) is 1.81. The summed E-state index contributed by atoms with van der Waals surface area (Å²) in [5.41, 5.74) is 2.02. The fourth-order valence-electron chi connectivity index (χ4n) is 6.51. The number of amides is 2. The van der Waals surface area contributed by atoms with E-state index in [-0.39, 0.29) is 28.0 Å². The van der Waals surface area contributed by atoms with Crippen LogP contribution in [0.3, 0.4) is 0 Å². The Morgan fingerprint density at radius 1 is 1.02 bits per heavy atom. The molecular weight excluding hydrogens is 539 g/mol. The number of unbranched alkanes of at least 4 members (excludes halogenated alkanes) is 4. The van der Waals surface area contributed by atoms with Gasteiger partial charge >= 0.3 is 7.48 Å². The molecule has 0 bridgehead atoms. The Balaban J connectivity index is 0.000000517. The van der Waals surface area contributed by atoms with Crippen molar-refractivity contribution in [2.24, 2.45) is 11.3 Å². The van der Waals surface area contributed by atoms with Gasteiger partial charge in [-0.1, -0.05) is 77.4 Å². The fraction of sp³-hybridized carbons (Fsp3) is 0.771. The van der Waals surface area contributed by atoms with E-state index in [0.29, 0.717) is 31.8 Å². The Bertz CT molecular complexity index is 1110. The first-order chi connectivity index (χ1) is 19.7. The van der Waals surface area contributed by atoms with Gasteiger partial charge in [-0.2, -0.15) is 12.6 Å². The highest BCUT2D eigenvalue weighted by Gasteiger charge is 2.56. The van der Waals surface area contributed by atoms with Crippen molar-refractivity contribution in [3.05, 3.63) is 23.8 Å². The molecule has 3 fully saturated rings. The Hall–Kier alpha value is -1.47. The van der Waals surface area contributed by atoms with Crippen molar-refractivity contribution in [2.45, 2.75) is 148 Å². The number of piperidine rings is 1. The number of benzene rings is 1. The molecule has 0 N–H and O–H groups in total. The van der Waals surface area contributed by atoms with Gasteiger partial charge in [-0.15, -0.1) is 0 Å². The third kappa shape index (κ3) is 6.77. The lowest BCUT2D eigenvalue weighted by Gasteiger charge is -2.43. The Morgan fingerprint density at radius 2 is 1.62 bits per heavy atom. The monoisotopic (exact) mass is 595 g/mol. The van der Waals surface area contributed by atoms with Gasteiger partial charge in [0.15, 0.2) is 0 Å². The third-order valence-corrected chi connectivity index (χ3v) is 11.3. The van der Waals surface area contributed by atoms with Crippen LogP contribution in [0.4, 0.5) is 5.69 Å². The van der Waals surface area contributed by atoms with E-state index in [1.54, 1.807) is 0 Å². The molecule has 7 heteroatoms. The number of nitrogens with zero attached hydrogens (tertiary/aromatic N) is 2. The molecule has 2 heterocycles. The van der Waals surface area contributed by atoms with Crippen LogP contribution in [0.1, 0.15) is 132 Å². The van der Waals surface area contributed by atoms with Crippen molar-refractivity contribution in [3.63, 3.8) is 0 Å². The number of anilines is 1. The van der Waals surface area contributed by atoms with Crippen LogP contribution in [0, 0.1) is 11.3 Å². The van der Waals surface area contributed by atoms with Crippen LogP contribution in [0.2, 0.25) is 0 Å². The average molecular weight is 596 g/mol. The van der Waals surface area contributed by atoms with Crippen LogP contribution >= 0.6 is 12.6 Å². The van der Waals surface area contributed by atoms with Crippen molar-refractivity contribution in [1.82, 2.24) is 4.90 Å². The molecule has 2 aliphatic carbocycles. The second-order valence-corrected chi connectivity index (χ2v) is 16.1. The van der Waals surface area contributed by atoms with Gasteiger partial charge < -0.3 is 14.5 Å². The van der Waals surface area contributed by atoms with Crippen LogP contribution in [-0.4, -0.2) is 53.7 Å². The molecule has 0 aromatic heterocycles. The maximum absolute atomic E-state index is 14.1. The quantitative estimate of drug-likeness (QED) is 0.177. The summed E-state index contributed by atoms with van der Waals surface area (Å²) < 4.78 is 5.88. The van der Waals surface area contributed by atoms with Crippen molar-refractivity contribution in [2.75, 3.05) is 18.0 Å². The molecule has 0 atom stereocenters. The third-order valence-electron chi connectivity index (χ3n) is 10.7. The molecule has 4 aliphatic rings. The molecule has 5 nitrogen and oxygen atoms in total. The van der Waals surface area contributed by atoms with Crippen LogP contribution in [0.15, 0.2) is 18.2 Å². The van der Waals surface area contributed by atoms with Gasteiger partial charge in [-0.3, -0.25) is 9.59 Å².